The number of rotatable bonds is 9. The van der Waals surface area contributed by atoms with E-state index in [0.29, 0.717) is 25.2 Å². The van der Waals surface area contributed by atoms with Crippen molar-refractivity contribution in [3.05, 3.63) is 65.1 Å². The van der Waals surface area contributed by atoms with E-state index in [1.807, 2.05) is 42.2 Å². The Hall–Kier alpha value is -2.80. The number of esters is 2. The molecule has 7 heteroatoms. The number of ether oxygens (including phenoxy) is 2. The smallest absolute Gasteiger partial charge is 0.339 e. The molecule has 0 fully saturated rings. The molecule has 0 unspecified atom stereocenters. The Morgan fingerprint density at radius 2 is 2.03 bits per heavy atom. The largest absolute Gasteiger partial charge is 0.465 e. The third-order valence-electron chi connectivity index (χ3n) is 4.37. The lowest BCUT2D eigenvalue weighted by Crippen LogP contribution is -2.22. The molecule has 6 nitrogen and oxygen atoms in total. The van der Waals surface area contributed by atoms with Gasteiger partial charge >= 0.3 is 11.9 Å². The first kappa shape index (κ1) is 22.5. The van der Waals surface area contributed by atoms with Gasteiger partial charge in [-0.2, -0.15) is 0 Å². The summed E-state index contributed by atoms with van der Waals surface area (Å²) in [7, 11) is 1.34. The Kier molecular flexibility index (Phi) is 8.27. The van der Waals surface area contributed by atoms with Gasteiger partial charge in [0.2, 0.25) is 0 Å². The van der Waals surface area contributed by atoms with Gasteiger partial charge in [-0.3, -0.25) is 4.79 Å². The van der Waals surface area contributed by atoms with Crippen LogP contribution in [-0.2, 0) is 25.5 Å². The fourth-order valence-electron chi connectivity index (χ4n) is 2.90. The van der Waals surface area contributed by atoms with Crippen molar-refractivity contribution in [2.45, 2.75) is 20.3 Å². The van der Waals surface area contributed by atoms with Crippen LogP contribution >= 0.6 is 15.9 Å². The van der Waals surface area contributed by atoms with Gasteiger partial charge in [-0.1, -0.05) is 46.8 Å². The third-order valence-corrected chi connectivity index (χ3v) is 5.08. The number of carbonyl (C=O) groups excluding carboxylic acids is 2. The summed E-state index contributed by atoms with van der Waals surface area (Å²) in [6.45, 7) is 8.44. The number of hydrogen-bond donors (Lipinski definition) is 1. The third kappa shape index (κ3) is 6.09. The zero-order chi connectivity index (χ0) is 21.4. The number of halogens is 1. The zero-order valence-corrected chi connectivity index (χ0v) is 18.4. The number of nitrogens with zero attached hydrogens (tertiary/aromatic N) is 1. The van der Waals surface area contributed by atoms with Crippen molar-refractivity contribution in [1.82, 2.24) is 9.88 Å². The highest BCUT2D eigenvalue weighted by Crippen LogP contribution is 2.28. The van der Waals surface area contributed by atoms with Gasteiger partial charge in [0.1, 0.15) is 6.26 Å². The maximum absolute atomic E-state index is 12.0. The van der Waals surface area contributed by atoms with E-state index in [9.17, 15) is 9.59 Å². The standard InChI is InChI=1S/C22H25BrN2O4/c1-5-17(23)14-25(12-13-29-16(3)26)11-10-19-18-8-6-7-9-20(18)24-21(19)15(2)22(27)28-4/h5-9,12-13,24H,2,10-11,14H2,1,3-4H3/b13-12+,17-5-. The van der Waals surface area contributed by atoms with Crippen molar-refractivity contribution in [2.75, 3.05) is 20.2 Å². The van der Waals surface area contributed by atoms with E-state index in [1.165, 1.54) is 20.3 Å². The van der Waals surface area contributed by atoms with Crippen LogP contribution in [0.5, 0.6) is 0 Å². The number of hydrogen-bond acceptors (Lipinski definition) is 5. The Labute approximate surface area is 179 Å². The first-order valence-corrected chi connectivity index (χ1v) is 9.92. The predicted octanol–water partition coefficient (Wildman–Crippen LogP) is 4.53. The number of allylic oxidation sites excluding steroid dienone is 1. The average molecular weight is 461 g/mol. The average Bonchev–Trinajstić information content (AvgIpc) is 3.08. The number of nitrogens with one attached hydrogen (secondary N) is 1. The number of methoxy groups -OCH3 is 1. The Morgan fingerprint density at radius 3 is 2.69 bits per heavy atom. The summed E-state index contributed by atoms with van der Waals surface area (Å²) < 4.78 is 10.8. The van der Waals surface area contributed by atoms with Gasteiger partial charge < -0.3 is 19.4 Å². The summed E-state index contributed by atoms with van der Waals surface area (Å²) >= 11 is 3.52. The molecule has 1 aromatic heterocycles. The molecule has 0 spiro atoms. The number of aromatic amines is 1. The molecule has 0 bridgehead atoms. The van der Waals surface area contributed by atoms with E-state index in [0.717, 1.165) is 20.9 Å². The normalized spacial score (nSPS) is 11.7. The second-order valence-corrected chi connectivity index (χ2v) is 7.36. The van der Waals surface area contributed by atoms with Crippen LogP contribution in [0.25, 0.3) is 16.5 Å². The lowest BCUT2D eigenvalue weighted by Gasteiger charge is -2.20. The van der Waals surface area contributed by atoms with Crippen LogP contribution < -0.4 is 0 Å². The minimum absolute atomic E-state index is 0.287. The quantitative estimate of drug-likeness (QED) is 0.338. The molecule has 0 aliphatic heterocycles. The fraction of sp³-hybridized carbons (Fsp3) is 0.273. The highest BCUT2D eigenvalue weighted by molar-refractivity contribution is 9.11. The first-order chi connectivity index (χ1) is 13.9. The maximum atomic E-state index is 12.0. The van der Waals surface area contributed by atoms with Gasteiger partial charge in [0.15, 0.2) is 0 Å². The van der Waals surface area contributed by atoms with Crippen molar-refractivity contribution >= 4 is 44.3 Å². The molecule has 0 amide bonds. The minimum Gasteiger partial charge on any atom is -0.465 e. The Bertz CT molecular complexity index is 959. The molecule has 1 heterocycles. The molecular formula is C22H25BrN2O4. The summed E-state index contributed by atoms with van der Waals surface area (Å²) in [5.41, 5.74) is 2.88. The molecule has 0 saturated carbocycles. The van der Waals surface area contributed by atoms with Gasteiger partial charge in [-0.05, 0) is 25.0 Å². The first-order valence-electron chi connectivity index (χ1n) is 9.13. The molecule has 0 saturated heterocycles. The second-order valence-electron chi connectivity index (χ2n) is 6.34. The second kappa shape index (κ2) is 10.7. The van der Waals surface area contributed by atoms with Crippen LogP contribution in [0.3, 0.4) is 0 Å². The van der Waals surface area contributed by atoms with Crippen molar-refractivity contribution < 1.29 is 19.1 Å². The van der Waals surface area contributed by atoms with Gasteiger partial charge in [-0.25, -0.2) is 4.79 Å². The number of carbonyl (C=O) groups is 2. The summed E-state index contributed by atoms with van der Waals surface area (Å²) in [4.78, 5) is 28.4. The highest BCUT2D eigenvalue weighted by atomic mass is 79.9. The summed E-state index contributed by atoms with van der Waals surface area (Å²) in [6.07, 6.45) is 5.71. The van der Waals surface area contributed by atoms with Crippen molar-refractivity contribution in [1.29, 1.82) is 0 Å². The van der Waals surface area contributed by atoms with Crippen molar-refractivity contribution in [3.63, 3.8) is 0 Å². The molecule has 0 radical (unpaired) electrons. The van der Waals surface area contributed by atoms with E-state index in [-0.39, 0.29) is 11.5 Å². The van der Waals surface area contributed by atoms with Gasteiger partial charge in [0.05, 0.1) is 18.4 Å². The predicted molar refractivity (Wildman–Crippen MR) is 118 cm³/mol. The molecule has 1 aromatic carbocycles. The molecule has 2 aromatic rings. The molecular weight excluding hydrogens is 436 g/mol. The van der Waals surface area contributed by atoms with Crippen LogP contribution in [0.4, 0.5) is 0 Å². The van der Waals surface area contributed by atoms with Crippen molar-refractivity contribution in [2.24, 2.45) is 0 Å². The van der Waals surface area contributed by atoms with Gasteiger partial charge in [0, 0.05) is 41.6 Å². The lowest BCUT2D eigenvalue weighted by molar-refractivity contribution is -0.135. The summed E-state index contributed by atoms with van der Waals surface area (Å²) in [6, 6.07) is 7.86. The van der Waals surface area contributed by atoms with Crippen LogP contribution in [-0.4, -0.2) is 42.0 Å². The Balaban J connectivity index is 2.32. The molecule has 29 heavy (non-hydrogen) atoms. The molecule has 154 valence electrons. The van der Waals surface area contributed by atoms with Crippen LogP contribution in [0.1, 0.15) is 25.1 Å². The van der Waals surface area contributed by atoms with Crippen LogP contribution in [0.2, 0.25) is 0 Å². The number of aromatic nitrogens is 1. The SMILES string of the molecule is C=C(C(=O)OC)c1[nH]c2ccccc2c1CCN(/C=C/OC(C)=O)C/C(Br)=C/C. The van der Waals surface area contributed by atoms with Gasteiger partial charge in [0.25, 0.3) is 0 Å². The van der Waals surface area contributed by atoms with E-state index < -0.39 is 5.97 Å². The Morgan fingerprint density at radius 1 is 1.31 bits per heavy atom. The molecule has 0 aliphatic rings. The highest BCUT2D eigenvalue weighted by Gasteiger charge is 2.19. The van der Waals surface area contributed by atoms with E-state index in [4.69, 9.17) is 9.47 Å². The van der Waals surface area contributed by atoms with Crippen molar-refractivity contribution in [3.8, 4) is 0 Å². The lowest BCUT2D eigenvalue weighted by atomic mass is 10.0. The zero-order valence-electron chi connectivity index (χ0n) is 16.8. The number of H-pyrrole nitrogens is 1. The molecule has 0 aliphatic carbocycles. The minimum atomic E-state index is -0.471. The topological polar surface area (TPSA) is 71.6 Å². The fourth-order valence-corrected chi connectivity index (χ4v) is 3.22. The van der Waals surface area contributed by atoms with E-state index in [1.54, 1.807) is 6.20 Å². The molecule has 0 atom stereocenters. The van der Waals surface area contributed by atoms with E-state index in [2.05, 4.69) is 27.5 Å². The van der Waals surface area contributed by atoms with E-state index >= 15 is 0 Å². The van der Waals surface area contributed by atoms with Crippen LogP contribution in [0, 0.1) is 0 Å². The number of fused-ring (bicyclic) bond motifs is 1. The summed E-state index contributed by atoms with van der Waals surface area (Å²) in [5.74, 6) is -0.847. The molecule has 1 N–H and O–H groups in total. The summed E-state index contributed by atoms with van der Waals surface area (Å²) in [5, 5.41) is 1.03. The monoisotopic (exact) mass is 460 g/mol. The number of benzene rings is 1. The van der Waals surface area contributed by atoms with Crippen LogP contribution in [0.15, 0.2) is 53.9 Å². The number of para-hydroxylation sites is 1. The molecule has 2 rings (SSSR count). The van der Waals surface area contributed by atoms with Gasteiger partial charge in [-0.15, -0.1) is 0 Å². The maximum Gasteiger partial charge on any atom is 0.339 e.